The van der Waals surface area contributed by atoms with Crippen molar-refractivity contribution in [3.8, 4) is 6.07 Å². The molecule has 0 atom stereocenters. The van der Waals surface area contributed by atoms with Crippen molar-refractivity contribution < 1.29 is 14.0 Å². The zero-order valence-corrected chi connectivity index (χ0v) is 19.4. The second-order valence-corrected chi connectivity index (χ2v) is 8.89. The van der Waals surface area contributed by atoms with Gasteiger partial charge >= 0.3 is 0 Å². The summed E-state index contributed by atoms with van der Waals surface area (Å²) in [5, 5.41) is 17.5. The number of halogens is 1. The molecule has 0 saturated carbocycles. The molecule has 1 aromatic carbocycles. The number of hydrogen-bond acceptors (Lipinski definition) is 6. The van der Waals surface area contributed by atoms with E-state index in [1.54, 1.807) is 34.6 Å². The number of carbonyl (C=O) groups excluding carboxylic acids is 2. The Balaban J connectivity index is 2.48. The molecule has 2 rings (SSSR count). The standard InChI is InChI=1S/C22H26FN5O3S/c1-6-25-18(29)14(11-24)20-28(7-2)19(30)17(32-20)12-26-13-8-9-15(23)16(10-13)27-21(31)22(3,4)5/h8-10,12,26H,6-7H2,1-5H3,(H,25,29)(H,27,31). The highest BCUT2D eigenvalue weighted by Crippen LogP contribution is 2.23. The van der Waals surface area contributed by atoms with E-state index in [1.807, 2.05) is 6.07 Å². The van der Waals surface area contributed by atoms with Crippen LogP contribution in [0.25, 0.3) is 11.8 Å². The van der Waals surface area contributed by atoms with E-state index in [4.69, 9.17) is 0 Å². The lowest BCUT2D eigenvalue weighted by Crippen LogP contribution is -2.34. The number of rotatable bonds is 6. The minimum absolute atomic E-state index is 0.0116. The Hall–Kier alpha value is -3.45. The van der Waals surface area contributed by atoms with Crippen LogP contribution in [0.3, 0.4) is 0 Å². The van der Waals surface area contributed by atoms with E-state index >= 15 is 0 Å². The van der Waals surface area contributed by atoms with E-state index in [1.165, 1.54) is 29.0 Å². The van der Waals surface area contributed by atoms with Crippen molar-refractivity contribution in [3.63, 3.8) is 0 Å². The molecule has 8 nitrogen and oxygen atoms in total. The van der Waals surface area contributed by atoms with E-state index in [2.05, 4.69) is 16.0 Å². The molecule has 0 aliphatic rings. The molecule has 170 valence electrons. The van der Waals surface area contributed by atoms with E-state index < -0.39 is 17.1 Å². The number of benzene rings is 1. The number of aromatic nitrogens is 1. The van der Waals surface area contributed by atoms with E-state index in [9.17, 15) is 24.0 Å². The fourth-order valence-electron chi connectivity index (χ4n) is 2.61. The maximum Gasteiger partial charge on any atom is 0.270 e. The highest BCUT2D eigenvalue weighted by atomic mass is 32.1. The van der Waals surface area contributed by atoms with Crippen LogP contribution in [0, 0.1) is 22.6 Å². The van der Waals surface area contributed by atoms with Crippen molar-refractivity contribution in [2.45, 2.75) is 41.2 Å². The van der Waals surface area contributed by atoms with Crippen molar-refractivity contribution in [3.05, 3.63) is 43.6 Å². The van der Waals surface area contributed by atoms with Gasteiger partial charge < -0.3 is 16.0 Å². The highest BCUT2D eigenvalue weighted by molar-refractivity contribution is 7.07. The van der Waals surface area contributed by atoms with Gasteiger partial charge in [0.2, 0.25) is 5.91 Å². The van der Waals surface area contributed by atoms with Crippen molar-refractivity contribution in [2.75, 3.05) is 17.2 Å². The van der Waals surface area contributed by atoms with Crippen molar-refractivity contribution >= 4 is 46.3 Å². The number of hydrogen-bond donors (Lipinski definition) is 3. The Morgan fingerprint density at radius 2 is 1.97 bits per heavy atom. The molecular formula is C22H26FN5O3S. The van der Waals surface area contributed by atoms with Gasteiger partial charge in [-0.05, 0) is 32.0 Å². The van der Waals surface area contributed by atoms with Crippen LogP contribution in [0.2, 0.25) is 0 Å². The van der Waals surface area contributed by atoms with Crippen LogP contribution < -0.4 is 30.7 Å². The first kappa shape index (κ1) is 24.8. The van der Waals surface area contributed by atoms with Crippen LogP contribution in [0.4, 0.5) is 15.8 Å². The van der Waals surface area contributed by atoms with Gasteiger partial charge in [0.15, 0.2) is 5.57 Å². The summed E-state index contributed by atoms with van der Waals surface area (Å²) in [4.78, 5) is 37.1. The molecule has 32 heavy (non-hydrogen) atoms. The molecule has 10 heteroatoms. The first-order valence-corrected chi connectivity index (χ1v) is 10.8. The van der Waals surface area contributed by atoms with E-state index in [-0.39, 0.29) is 38.5 Å². The fourth-order valence-corrected chi connectivity index (χ4v) is 3.69. The number of carbonyl (C=O) groups is 2. The third kappa shape index (κ3) is 5.62. The zero-order chi connectivity index (χ0) is 24.1. The van der Waals surface area contributed by atoms with Gasteiger partial charge in [0.1, 0.15) is 21.1 Å². The molecule has 0 fully saturated rings. The quantitative estimate of drug-likeness (QED) is 0.608. The maximum absolute atomic E-state index is 14.1. The molecule has 2 aromatic rings. The average molecular weight is 460 g/mol. The molecule has 0 bridgehead atoms. The first-order chi connectivity index (χ1) is 15.0. The summed E-state index contributed by atoms with van der Waals surface area (Å²) in [6.07, 6.45) is 1.43. The number of thiazole rings is 1. The van der Waals surface area contributed by atoms with Crippen LogP contribution in [-0.4, -0.2) is 22.9 Å². The third-order valence-electron chi connectivity index (χ3n) is 4.38. The smallest absolute Gasteiger partial charge is 0.270 e. The Morgan fingerprint density at radius 1 is 1.28 bits per heavy atom. The molecule has 1 heterocycles. The third-order valence-corrected chi connectivity index (χ3v) is 5.51. The summed E-state index contributed by atoms with van der Waals surface area (Å²) in [5.41, 5.74) is -0.733. The van der Waals surface area contributed by atoms with Crippen molar-refractivity contribution in [1.29, 1.82) is 5.26 Å². The number of nitriles is 1. The fraction of sp³-hybridized carbons (Fsp3) is 0.364. The van der Waals surface area contributed by atoms with E-state index in [0.29, 0.717) is 12.2 Å². The minimum atomic E-state index is -0.695. The lowest BCUT2D eigenvalue weighted by atomic mass is 9.95. The zero-order valence-electron chi connectivity index (χ0n) is 18.6. The molecule has 0 spiro atoms. The van der Waals surface area contributed by atoms with Crippen LogP contribution in [0.1, 0.15) is 34.6 Å². The van der Waals surface area contributed by atoms with Gasteiger partial charge in [-0.15, -0.1) is 11.3 Å². The summed E-state index contributed by atoms with van der Waals surface area (Å²) in [5.74, 6) is -1.47. The van der Waals surface area contributed by atoms with Crippen molar-refractivity contribution in [1.82, 2.24) is 9.88 Å². The minimum Gasteiger partial charge on any atom is -0.360 e. The molecule has 0 saturated heterocycles. The van der Waals surface area contributed by atoms with Crippen LogP contribution in [0.15, 0.2) is 23.0 Å². The molecule has 0 radical (unpaired) electrons. The topological polar surface area (TPSA) is 116 Å². The Morgan fingerprint density at radius 3 is 2.53 bits per heavy atom. The number of nitrogens with zero attached hydrogens (tertiary/aromatic N) is 2. The number of anilines is 2. The van der Waals surface area contributed by atoms with Crippen molar-refractivity contribution in [2.24, 2.45) is 5.41 Å². The molecule has 0 aliphatic carbocycles. The molecule has 2 amide bonds. The maximum atomic E-state index is 14.1. The lowest BCUT2D eigenvalue weighted by Gasteiger charge is -2.18. The normalized spacial score (nSPS) is 12.7. The van der Waals surface area contributed by atoms with Gasteiger partial charge in [0.05, 0.1) is 5.69 Å². The molecule has 0 unspecified atom stereocenters. The molecule has 3 N–H and O–H groups in total. The average Bonchev–Trinajstić information content (AvgIpc) is 3.03. The predicted molar refractivity (Wildman–Crippen MR) is 124 cm³/mol. The second-order valence-electron chi connectivity index (χ2n) is 7.85. The Bertz CT molecular complexity index is 1250. The summed E-state index contributed by atoms with van der Waals surface area (Å²) in [7, 11) is 0. The van der Waals surface area contributed by atoms with Crippen LogP contribution >= 0.6 is 11.3 Å². The highest BCUT2D eigenvalue weighted by Gasteiger charge is 2.22. The summed E-state index contributed by atoms with van der Waals surface area (Å²) >= 11 is 1.01. The first-order valence-electron chi connectivity index (χ1n) is 10.0. The Kier molecular flexibility index (Phi) is 7.94. The monoisotopic (exact) mass is 459 g/mol. The van der Waals surface area contributed by atoms with Gasteiger partial charge in [0, 0.05) is 30.4 Å². The van der Waals surface area contributed by atoms with E-state index in [0.717, 1.165) is 11.3 Å². The van der Waals surface area contributed by atoms with Gasteiger partial charge in [-0.3, -0.25) is 19.0 Å². The largest absolute Gasteiger partial charge is 0.360 e. The summed E-state index contributed by atoms with van der Waals surface area (Å²) in [6, 6.07) is 5.96. The predicted octanol–water partition coefficient (Wildman–Crippen LogP) is 1.71. The van der Waals surface area contributed by atoms with Crippen LogP contribution in [-0.2, 0) is 16.1 Å². The van der Waals surface area contributed by atoms with Gasteiger partial charge in [-0.1, -0.05) is 20.8 Å². The molecular weight excluding hydrogens is 433 g/mol. The van der Waals surface area contributed by atoms with Gasteiger partial charge in [0.25, 0.3) is 11.5 Å². The Labute approximate surface area is 189 Å². The van der Waals surface area contributed by atoms with Gasteiger partial charge in [-0.2, -0.15) is 5.26 Å². The van der Waals surface area contributed by atoms with Gasteiger partial charge in [-0.25, -0.2) is 4.39 Å². The number of nitrogens with one attached hydrogen (secondary N) is 3. The summed E-state index contributed by atoms with van der Waals surface area (Å²) < 4.78 is 16.0. The lowest BCUT2D eigenvalue weighted by molar-refractivity contribution is -0.123. The number of amides is 2. The SMILES string of the molecule is CCNC(=O)C(C#N)=c1sc(=CNc2ccc(F)c(NC(=O)C(C)(C)C)c2)c(=O)n1CC. The molecule has 0 aliphatic heterocycles. The van der Waals surface area contributed by atoms with Crippen LogP contribution in [0.5, 0.6) is 0 Å². The second kappa shape index (κ2) is 10.2. The summed E-state index contributed by atoms with van der Waals surface area (Å²) in [6.45, 7) is 9.26. The molecule has 1 aromatic heterocycles.